The fourth-order valence-corrected chi connectivity index (χ4v) is 5.09. The zero-order valence-corrected chi connectivity index (χ0v) is 16.8. The maximum Gasteiger partial charge on any atom is 0.191 e. The lowest BCUT2D eigenvalue weighted by Gasteiger charge is -2.24. The summed E-state index contributed by atoms with van der Waals surface area (Å²) in [5.41, 5.74) is 3.09. The molecule has 0 spiro atoms. The van der Waals surface area contributed by atoms with E-state index in [-0.39, 0.29) is 5.78 Å². The second-order valence-electron chi connectivity index (χ2n) is 7.30. The first-order valence-corrected chi connectivity index (χ1v) is 10.8. The average Bonchev–Trinajstić information content (AvgIpc) is 3.30. The highest BCUT2D eigenvalue weighted by atomic mass is 32.2. The van der Waals surface area contributed by atoms with Crippen LogP contribution in [-0.4, -0.2) is 31.3 Å². The minimum Gasteiger partial charge on any atom is -0.360 e. The zero-order valence-electron chi connectivity index (χ0n) is 16.0. The molecule has 1 aliphatic rings. The van der Waals surface area contributed by atoms with E-state index < -0.39 is 0 Å². The topological polar surface area (TPSA) is 63.6 Å². The summed E-state index contributed by atoms with van der Waals surface area (Å²) in [4.78, 5) is 16.2. The molecule has 0 radical (unpaired) electrons. The Kier molecular flexibility index (Phi) is 5.34. The summed E-state index contributed by atoms with van der Waals surface area (Å²) >= 11 is 1.51. The molecule has 5 nitrogen and oxygen atoms in total. The molecule has 27 heavy (non-hydrogen) atoms. The van der Waals surface area contributed by atoms with Gasteiger partial charge in [-0.15, -0.1) is 10.2 Å². The van der Waals surface area contributed by atoms with Crippen LogP contribution >= 0.6 is 11.8 Å². The van der Waals surface area contributed by atoms with Crippen molar-refractivity contribution in [3.05, 3.63) is 41.3 Å². The molecule has 1 N–H and O–H groups in total. The Balaban J connectivity index is 1.52. The standard InChI is InChI=1S/C21H26N4OS/c1-3-15-8-7-11-17-18(12-22-20(15)17)19(26)13-27-21-24-23-14(2)25(21)16-9-5-4-6-10-16/h7-8,11-12,16,22H,3-6,9-10,13H2,1-2H3. The number of para-hydroxylation sites is 1. The molecule has 1 fully saturated rings. The Morgan fingerprint density at radius 2 is 2.07 bits per heavy atom. The maximum absolute atomic E-state index is 12.9. The van der Waals surface area contributed by atoms with Crippen LogP contribution in [0.2, 0.25) is 0 Å². The van der Waals surface area contributed by atoms with Crippen molar-refractivity contribution in [2.45, 2.75) is 63.6 Å². The van der Waals surface area contributed by atoms with E-state index in [0.29, 0.717) is 11.8 Å². The number of thioether (sulfide) groups is 1. The molecule has 0 aliphatic heterocycles. The minimum absolute atomic E-state index is 0.135. The normalized spacial score (nSPS) is 15.5. The van der Waals surface area contributed by atoms with E-state index in [2.05, 4.69) is 32.7 Å². The van der Waals surface area contributed by atoms with Crippen LogP contribution in [0.25, 0.3) is 10.9 Å². The third-order valence-corrected chi connectivity index (χ3v) is 6.53. The first-order chi connectivity index (χ1) is 13.2. The van der Waals surface area contributed by atoms with Crippen LogP contribution in [0, 0.1) is 6.92 Å². The Morgan fingerprint density at radius 1 is 1.26 bits per heavy atom. The number of fused-ring (bicyclic) bond motifs is 1. The second-order valence-corrected chi connectivity index (χ2v) is 8.24. The van der Waals surface area contributed by atoms with Gasteiger partial charge in [0.1, 0.15) is 5.82 Å². The number of hydrogen-bond acceptors (Lipinski definition) is 4. The number of aromatic amines is 1. The molecule has 3 aromatic rings. The first kappa shape index (κ1) is 18.3. The van der Waals surface area contributed by atoms with Gasteiger partial charge in [-0.3, -0.25) is 4.79 Å². The molecule has 2 heterocycles. The molecular formula is C21H26N4OS. The molecule has 0 atom stereocenters. The lowest BCUT2D eigenvalue weighted by molar-refractivity contribution is 0.102. The molecule has 6 heteroatoms. The predicted molar refractivity (Wildman–Crippen MR) is 110 cm³/mol. The SMILES string of the molecule is CCc1cccc2c(C(=O)CSc3nnc(C)n3C3CCCCC3)c[nH]c12. The quantitative estimate of drug-likeness (QED) is 0.475. The summed E-state index contributed by atoms with van der Waals surface area (Å²) in [7, 11) is 0. The summed E-state index contributed by atoms with van der Waals surface area (Å²) in [6, 6.07) is 6.64. The molecule has 1 saturated carbocycles. The van der Waals surface area contributed by atoms with Crippen molar-refractivity contribution in [1.29, 1.82) is 0 Å². The number of H-pyrrole nitrogens is 1. The summed E-state index contributed by atoms with van der Waals surface area (Å²) in [6.45, 7) is 4.15. The number of nitrogens with one attached hydrogen (secondary N) is 1. The minimum atomic E-state index is 0.135. The highest BCUT2D eigenvalue weighted by Gasteiger charge is 2.22. The molecule has 1 aliphatic carbocycles. The van der Waals surface area contributed by atoms with E-state index in [1.807, 2.05) is 25.3 Å². The third-order valence-electron chi connectivity index (χ3n) is 5.59. The predicted octanol–water partition coefficient (Wildman–Crippen LogP) is 5.11. The third kappa shape index (κ3) is 3.55. The van der Waals surface area contributed by atoms with Gasteiger partial charge in [-0.1, -0.05) is 56.1 Å². The summed E-state index contributed by atoms with van der Waals surface area (Å²) in [5.74, 6) is 1.47. The smallest absolute Gasteiger partial charge is 0.191 e. The van der Waals surface area contributed by atoms with Crippen molar-refractivity contribution in [3.63, 3.8) is 0 Å². The molecule has 4 rings (SSSR count). The average molecular weight is 383 g/mol. The van der Waals surface area contributed by atoms with E-state index in [9.17, 15) is 4.79 Å². The number of ketones is 1. The van der Waals surface area contributed by atoms with Gasteiger partial charge in [-0.2, -0.15) is 0 Å². The summed E-state index contributed by atoms with van der Waals surface area (Å²) in [5, 5.41) is 10.5. The fourth-order valence-electron chi connectivity index (χ4n) is 4.16. The van der Waals surface area contributed by atoms with Crippen molar-refractivity contribution in [2.75, 3.05) is 5.75 Å². The number of hydrogen-bond donors (Lipinski definition) is 1. The molecule has 0 bridgehead atoms. The van der Waals surface area contributed by atoms with Crippen molar-refractivity contribution in [3.8, 4) is 0 Å². The van der Waals surface area contributed by atoms with Crippen LogP contribution in [0.1, 0.15) is 66.8 Å². The largest absolute Gasteiger partial charge is 0.360 e. The molecule has 142 valence electrons. The Bertz CT molecular complexity index is 952. The highest BCUT2D eigenvalue weighted by molar-refractivity contribution is 7.99. The van der Waals surface area contributed by atoms with Gasteiger partial charge in [0.15, 0.2) is 10.9 Å². The van der Waals surface area contributed by atoms with Gasteiger partial charge in [0, 0.05) is 28.7 Å². The number of Topliss-reactive ketones (excluding diaryl/α,β-unsaturated/α-hetero) is 1. The van der Waals surface area contributed by atoms with Crippen LogP contribution in [0.4, 0.5) is 0 Å². The molecule has 0 saturated heterocycles. The van der Waals surface area contributed by atoms with E-state index >= 15 is 0 Å². The van der Waals surface area contributed by atoms with Crippen LogP contribution in [0.5, 0.6) is 0 Å². The fraction of sp³-hybridized carbons (Fsp3) is 0.476. The van der Waals surface area contributed by atoms with Gasteiger partial charge in [0.2, 0.25) is 0 Å². The lowest BCUT2D eigenvalue weighted by Crippen LogP contribution is -2.15. The monoisotopic (exact) mass is 382 g/mol. The van der Waals surface area contributed by atoms with E-state index in [4.69, 9.17) is 0 Å². The van der Waals surface area contributed by atoms with E-state index in [0.717, 1.165) is 33.9 Å². The lowest BCUT2D eigenvalue weighted by atomic mass is 9.95. The summed E-state index contributed by atoms with van der Waals surface area (Å²) < 4.78 is 2.25. The van der Waals surface area contributed by atoms with Gasteiger partial charge in [0.05, 0.1) is 5.75 Å². The maximum atomic E-state index is 12.9. The molecular weight excluding hydrogens is 356 g/mol. The number of aromatic nitrogens is 4. The number of carbonyl (C=O) groups excluding carboxylic acids is 1. The zero-order chi connectivity index (χ0) is 18.8. The first-order valence-electron chi connectivity index (χ1n) is 9.85. The number of rotatable bonds is 6. The van der Waals surface area contributed by atoms with Gasteiger partial charge in [-0.05, 0) is 31.7 Å². The number of carbonyl (C=O) groups is 1. The second kappa shape index (κ2) is 7.89. The summed E-state index contributed by atoms with van der Waals surface area (Å²) in [6.07, 6.45) is 9.01. The van der Waals surface area contributed by atoms with Crippen molar-refractivity contribution in [2.24, 2.45) is 0 Å². The molecule has 2 aromatic heterocycles. The Morgan fingerprint density at radius 3 is 2.85 bits per heavy atom. The van der Waals surface area contributed by atoms with Gasteiger partial charge < -0.3 is 9.55 Å². The number of nitrogens with zero attached hydrogens (tertiary/aromatic N) is 3. The number of benzene rings is 1. The molecule has 0 unspecified atom stereocenters. The Labute approximate surface area is 163 Å². The van der Waals surface area contributed by atoms with Crippen LogP contribution < -0.4 is 0 Å². The van der Waals surface area contributed by atoms with Gasteiger partial charge in [-0.25, -0.2) is 0 Å². The Hall–Kier alpha value is -2.08. The van der Waals surface area contributed by atoms with Gasteiger partial charge in [0.25, 0.3) is 0 Å². The van der Waals surface area contributed by atoms with Crippen molar-refractivity contribution < 1.29 is 4.79 Å². The van der Waals surface area contributed by atoms with Crippen LogP contribution in [0.15, 0.2) is 29.6 Å². The van der Waals surface area contributed by atoms with Crippen molar-refractivity contribution >= 4 is 28.4 Å². The molecule has 0 amide bonds. The van der Waals surface area contributed by atoms with Crippen molar-refractivity contribution in [1.82, 2.24) is 19.7 Å². The van der Waals surface area contributed by atoms with E-state index in [1.54, 1.807) is 0 Å². The van der Waals surface area contributed by atoms with Crippen LogP contribution in [-0.2, 0) is 6.42 Å². The molecule has 1 aromatic carbocycles. The van der Waals surface area contributed by atoms with E-state index in [1.165, 1.54) is 49.4 Å². The highest BCUT2D eigenvalue weighted by Crippen LogP contribution is 2.33. The number of aryl methyl sites for hydroxylation is 2. The van der Waals surface area contributed by atoms with Gasteiger partial charge >= 0.3 is 0 Å². The van der Waals surface area contributed by atoms with Crippen LogP contribution in [0.3, 0.4) is 0 Å².